The lowest BCUT2D eigenvalue weighted by Crippen LogP contribution is -2.23. The van der Waals surface area contributed by atoms with Crippen LogP contribution in [0, 0.1) is 0 Å². The van der Waals surface area contributed by atoms with Crippen molar-refractivity contribution in [1.82, 2.24) is 5.32 Å². The van der Waals surface area contributed by atoms with Gasteiger partial charge in [0.05, 0.1) is 12.3 Å². The summed E-state index contributed by atoms with van der Waals surface area (Å²) in [5.74, 6) is 0. The second-order valence-corrected chi connectivity index (χ2v) is 5.86. The average Bonchev–Trinajstić information content (AvgIpc) is 2.94. The van der Waals surface area contributed by atoms with Crippen LogP contribution in [0.25, 0.3) is 10.8 Å². The maximum atomic E-state index is 5.41. The molecule has 1 heterocycles. The van der Waals surface area contributed by atoms with Crippen LogP contribution in [0.4, 0.5) is 0 Å². The second kappa shape index (κ2) is 6.46. The van der Waals surface area contributed by atoms with Gasteiger partial charge in [0.1, 0.15) is 0 Å². The molecule has 21 heavy (non-hydrogen) atoms. The predicted molar refractivity (Wildman–Crippen MR) is 90.5 cm³/mol. The number of furan rings is 1. The third-order valence-electron chi connectivity index (χ3n) is 3.66. The van der Waals surface area contributed by atoms with E-state index >= 15 is 0 Å². The molecule has 3 aromatic rings. The molecule has 2 aromatic carbocycles. The molecule has 1 unspecified atom stereocenters. The van der Waals surface area contributed by atoms with E-state index in [0.717, 1.165) is 23.2 Å². The van der Waals surface area contributed by atoms with Crippen molar-refractivity contribution in [2.45, 2.75) is 19.4 Å². The first kappa shape index (κ1) is 14.4. The summed E-state index contributed by atoms with van der Waals surface area (Å²) in [6.45, 7) is 3.14. The van der Waals surface area contributed by atoms with E-state index in [9.17, 15) is 0 Å². The fourth-order valence-electron chi connectivity index (χ4n) is 2.59. The highest BCUT2D eigenvalue weighted by molar-refractivity contribution is 9.10. The van der Waals surface area contributed by atoms with Crippen molar-refractivity contribution in [3.63, 3.8) is 0 Å². The van der Waals surface area contributed by atoms with Crippen molar-refractivity contribution in [3.8, 4) is 0 Å². The standard InChI is InChI=1S/C18H18BrNO/c1-2-10-20-17(16-9-11-21-18(16)19)15-8-7-13-5-3-4-6-14(13)12-15/h3-9,11-12,17,20H,2,10H2,1H3. The lowest BCUT2D eigenvalue weighted by molar-refractivity contribution is 0.523. The number of fused-ring (bicyclic) bond motifs is 1. The third kappa shape index (κ3) is 3.04. The number of rotatable bonds is 5. The molecule has 0 fully saturated rings. The number of benzene rings is 2. The molecular formula is C18H18BrNO. The summed E-state index contributed by atoms with van der Waals surface area (Å²) in [7, 11) is 0. The molecule has 0 saturated carbocycles. The minimum absolute atomic E-state index is 0.141. The van der Waals surface area contributed by atoms with E-state index in [1.54, 1.807) is 6.26 Å². The average molecular weight is 344 g/mol. The maximum Gasteiger partial charge on any atom is 0.174 e. The van der Waals surface area contributed by atoms with Crippen molar-refractivity contribution >= 4 is 26.7 Å². The van der Waals surface area contributed by atoms with Crippen LogP contribution < -0.4 is 5.32 Å². The van der Waals surface area contributed by atoms with Gasteiger partial charge >= 0.3 is 0 Å². The topological polar surface area (TPSA) is 25.2 Å². The third-order valence-corrected chi connectivity index (χ3v) is 4.31. The van der Waals surface area contributed by atoms with Crippen molar-refractivity contribution in [1.29, 1.82) is 0 Å². The van der Waals surface area contributed by atoms with Crippen LogP contribution in [0.5, 0.6) is 0 Å². The zero-order chi connectivity index (χ0) is 14.7. The van der Waals surface area contributed by atoms with Gasteiger partial charge in [0.15, 0.2) is 4.67 Å². The molecule has 0 aliphatic carbocycles. The van der Waals surface area contributed by atoms with Crippen molar-refractivity contribution in [3.05, 3.63) is 70.6 Å². The number of hydrogen-bond acceptors (Lipinski definition) is 2. The van der Waals surface area contributed by atoms with E-state index in [-0.39, 0.29) is 6.04 Å². The molecule has 0 amide bonds. The minimum Gasteiger partial charge on any atom is -0.457 e. The normalized spacial score (nSPS) is 12.7. The monoisotopic (exact) mass is 343 g/mol. The van der Waals surface area contributed by atoms with E-state index in [1.807, 2.05) is 6.07 Å². The highest BCUT2D eigenvalue weighted by Crippen LogP contribution is 2.31. The summed E-state index contributed by atoms with van der Waals surface area (Å²) in [6.07, 6.45) is 2.82. The van der Waals surface area contributed by atoms with Crippen LogP contribution >= 0.6 is 15.9 Å². The SMILES string of the molecule is CCCNC(c1ccc2ccccc2c1)c1ccoc1Br. The summed E-state index contributed by atoms with van der Waals surface area (Å²) < 4.78 is 6.21. The molecule has 3 heteroatoms. The molecule has 0 radical (unpaired) electrons. The van der Waals surface area contributed by atoms with Gasteiger partial charge in [-0.1, -0.05) is 43.3 Å². The molecule has 0 spiro atoms. The zero-order valence-corrected chi connectivity index (χ0v) is 13.6. The summed E-state index contributed by atoms with van der Waals surface area (Å²) >= 11 is 3.50. The van der Waals surface area contributed by atoms with Crippen LogP contribution in [-0.4, -0.2) is 6.54 Å². The molecule has 1 atom stereocenters. The van der Waals surface area contributed by atoms with E-state index in [4.69, 9.17) is 4.42 Å². The van der Waals surface area contributed by atoms with Crippen molar-refractivity contribution in [2.75, 3.05) is 6.54 Å². The molecule has 0 saturated heterocycles. The van der Waals surface area contributed by atoms with Crippen molar-refractivity contribution < 1.29 is 4.42 Å². The Morgan fingerprint density at radius 3 is 2.62 bits per heavy atom. The van der Waals surface area contributed by atoms with Crippen LogP contribution in [0.3, 0.4) is 0 Å². The van der Waals surface area contributed by atoms with Gasteiger partial charge in [0.25, 0.3) is 0 Å². The van der Waals surface area contributed by atoms with Crippen molar-refractivity contribution in [2.24, 2.45) is 0 Å². The highest BCUT2D eigenvalue weighted by Gasteiger charge is 2.18. The zero-order valence-electron chi connectivity index (χ0n) is 12.0. The lowest BCUT2D eigenvalue weighted by atomic mass is 9.98. The Balaban J connectivity index is 2.03. The quantitative estimate of drug-likeness (QED) is 0.681. The first-order chi connectivity index (χ1) is 10.3. The Kier molecular flexibility index (Phi) is 4.42. The largest absolute Gasteiger partial charge is 0.457 e. The highest BCUT2D eigenvalue weighted by atomic mass is 79.9. The Bertz CT molecular complexity index is 735. The predicted octanol–water partition coefficient (Wildman–Crippen LogP) is 5.28. The summed E-state index contributed by atoms with van der Waals surface area (Å²) in [6, 6.07) is 17.2. The molecule has 2 nitrogen and oxygen atoms in total. The smallest absolute Gasteiger partial charge is 0.174 e. The van der Waals surface area contributed by atoms with Gasteiger partial charge in [-0.05, 0) is 57.4 Å². The summed E-state index contributed by atoms with van der Waals surface area (Å²) in [4.78, 5) is 0. The summed E-state index contributed by atoms with van der Waals surface area (Å²) in [5.41, 5.74) is 2.39. The molecule has 3 rings (SSSR count). The van der Waals surface area contributed by atoms with Gasteiger partial charge < -0.3 is 9.73 Å². The van der Waals surface area contributed by atoms with Crippen LogP contribution in [0.2, 0.25) is 0 Å². The molecular weight excluding hydrogens is 326 g/mol. The number of halogens is 1. The maximum absolute atomic E-state index is 5.41. The Morgan fingerprint density at radius 2 is 1.90 bits per heavy atom. The molecule has 1 aromatic heterocycles. The number of nitrogens with one attached hydrogen (secondary N) is 1. The Hall–Kier alpha value is -1.58. The molecule has 0 aliphatic rings. The number of hydrogen-bond donors (Lipinski definition) is 1. The van der Waals surface area contributed by atoms with Gasteiger partial charge in [-0.2, -0.15) is 0 Å². The molecule has 0 aliphatic heterocycles. The molecule has 108 valence electrons. The molecule has 0 bridgehead atoms. The minimum atomic E-state index is 0.141. The van der Waals surface area contributed by atoms with Crippen LogP contribution in [0.15, 0.2) is 63.9 Å². The Morgan fingerprint density at radius 1 is 1.10 bits per heavy atom. The van der Waals surface area contributed by atoms with E-state index in [1.165, 1.54) is 16.3 Å². The van der Waals surface area contributed by atoms with Gasteiger partial charge in [0, 0.05) is 5.56 Å². The van der Waals surface area contributed by atoms with Gasteiger partial charge in [-0.15, -0.1) is 0 Å². The first-order valence-electron chi connectivity index (χ1n) is 7.24. The fourth-order valence-corrected chi connectivity index (χ4v) is 3.06. The summed E-state index contributed by atoms with van der Waals surface area (Å²) in [5, 5.41) is 6.13. The Labute approximate surface area is 133 Å². The molecule has 1 N–H and O–H groups in total. The fraction of sp³-hybridized carbons (Fsp3) is 0.222. The van der Waals surface area contributed by atoms with E-state index in [2.05, 4.69) is 70.6 Å². The van der Waals surface area contributed by atoms with Gasteiger partial charge in [0.2, 0.25) is 0 Å². The van der Waals surface area contributed by atoms with E-state index < -0.39 is 0 Å². The lowest BCUT2D eigenvalue weighted by Gasteiger charge is -2.19. The van der Waals surface area contributed by atoms with Crippen LogP contribution in [0.1, 0.15) is 30.5 Å². The van der Waals surface area contributed by atoms with Gasteiger partial charge in [-0.3, -0.25) is 0 Å². The van der Waals surface area contributed by atoms with E-state index in [0.29, 0.717) is 0 Å². The first-order valence-corrected chi connectivity index (χ1v) is 8.04. The van der Waals surface area contributed by atoms with Gasteiger partial charge in [-0.25, -0.2) is 0 Å². The van der Waals surface area contributed by atoms with Crippen LogP contribution in [-0.2, 0) is 0 Å². The second-order valence-electron chi connectivity index (χ2n) is 5.14.